The monoisotopic (exact) mass is 276 g/mol. The molecule has 106 valence electrons. The number of anilines is 1. The zero-order chi connectivity index (χ0) is 14.3. The summed E-state index contributed by atoms with van der Waals surface area (Å²) >= 11 is 0. The zero-order valence-electron chi connectivity index (χ0n) is 10.4. The molecule has 1 aromatic carbocycles. The van der Waals surface area contributed by atoms with Crippen LogP contribution in [-0.2, 0) is 4.79 Å². The molecule has 0 unspecified atom stereocenters. The summed E-state index contributed by atoms with van der Waals surface area (Å²) in [6.07, 6.45) is -5.16. The van der Waals surface area contributed by atoms with E-state index in [4.69, 9.17) is 4.74 Å². The van der Waals surface area contributed by atoms with Crippen LogP contribution in [0.5, 0.6) is 5.75 Å². The maximum absolute atomic E-state index is 11.8. The lowest BCUT2D eigenvalue weighted by Gasteiger charge is -2.08. The molecule has 0 bridgehead atoms. The van der Waals surface area contributed by atoms with Gasteiger partial charge in [-0.1, -0.05) is 0 Å². The molecular formula is C12H15F3N2O2. The summed E-state index contributed by atoms with van der Waals surface area (Å²) in [5.41, 5.74) is 0.559. The van der Waals surface area contributed by atoms with Gasteiger partial charge in [0.25, 0.3) is 0 Å². The highest BCUT2D eigenvalue weighted by atomic mass is 19.4. The molecule has 4 nitrogen and oxygen atoms in total. The van der Waals surface area contributed by atoms with Crippen LogP contribution in [0.3, 0.4) is 0 Å². The van der Waals surface area contributed by atoms with E-state index in [-0.39, 0.29) is 13.1 Å². The molecule has 0 aliphatic carbocycles. The van der Waals surface area contributed by atoms with E-state index in [0.717, 1.165) is 0 Å². The summed E-state index contributed by atoms with van der Waals surface area (Å²) in [5.74, 6) is 0.258. The quantitative estimate of drug-likeness (QED) is 0.783. The smallest absolute Gasteiger partial charge is 0.390 e. The predicted molar refractivity (Wildman–Crippen MR) is 65.2 cm³/mol. The van der Waals surface area contributed by atoms with Crippen LogP contribution in [0.2, 0.25) is 0 Å². The number of carbonyl (C=O) groups is 1. The Morgan fingerprint density at radius 3 is 2.42 bits per heavy atom. The molecule has 1 amide bonds. The van der Waals surface area contributed by atoms with Gasteiger partial charge in [-0.05, 0) is 24.3 Å². The Balaban J connectivity index is 2.27. The van der Waals surface area contributed by atoms with E-state index in [9.17, 15) is 18.0 Å². The molecule has 0 aromatic heterocycles. The van der Waals surface area contributed by atoms with Crippen molar-refractivity contribution in [3.05, 3.63) is 24.3 Å². The number of carbonyl (C=O) groups excluding carboxylic acids is 1. The number of hydrogen-bond donors (Lipinski definition) is 2. The standard InChI is InChI=1S/C12H15F3N2O2/c1-19-10-4-2-9(3-5-10)17-11(18)8-16-7-6-12(13,14)15/h2-5,16H,6-8H2,1H3,(H,17,18). The maximum Gasteiger partial charge on any atom is 0.390 e. The highest BCUT2D eigenvalue weighted by Gasteiger charge is 2.25. The van der Waals surface area contributed by atoms with Gasteiger partial charge < -0.3 is 15.4 Å². The van der Waals surface area contributed by atoms with Crippen LogP contribution in [-0.4, -0.2) is 32.3 Å². The Hall–Kier alpha value is -1.76. The molecule has 0 aliphatic heterocycles. The number of halogens is 3. The number of hydrogen-bond acceptors (Lipinski definition) is 3. The van der Waals surface area contributed by atoms with Crippen molar-refractivity contribution >= 4 is 11.6 Å². The van der Waals surface area contributed by atoms with Gasteiger partial charge in [-0.3, -0.25) is 4.79 Å². The van der Waals surface area contributed by atoms with Crippen LogP contribution in [0.15, 0.2) is 24.3 Å². The van der Waals surface area contributed by atoms with Crippen LogP contribution in [0, 0.1) is 0 Å². The summed E-state index contributed by atoms with van der Waals surface area (Å²) in [6.45, 7) is -0.443. The zero-order valence-corrected chi connectivity index (χ0v) is 10.4. The van der Waals surface area contributed by atoms with E-state index in [1.165, 1.54) is 7.11 Å². The molecule has 0 saturated carbocycles. The van der Waals surface area contributed by atoms with Crippen molar-refractivity contribution < 1.29 is 22.7 Å². The molecule has 0 spiro atoms. The van der Waals surface area contributed by atoms with Crippen molar-refractivity contribution in [1.29, 1.82) is 0 Å². The van der Waals surface area contributed by atoms with Crippen molar-refractivity contribution in [3.8, 4) is 5.75 Å². The Morgan fingerprint density at radius 1 is 1.26 bits per heavy atom. The van der Waals surface area contributed by atoms with Crippen LogP contribution >= 0.6 is 0 Å². The minimum Gasteiger partial charge on any atom is -0.497 e. The Kier molecular flexibility index (Phi) is 5.62. The number of methoxy groups -OCH3 is 1. The third-order valence-electron chi connectivity index (χ3n) is 2.24. The molecule has 0 aliphatic rings. The summed E-state index contributed by atoms with van der Waals surface area (Å²) in [7, 11) is 1.53. The van der Waals surface area contributed by atoms with E-state index in [1.807, 2.05) is 0 Å². The fourth-order valence-corrected chi connectivity index (χ4v) is 1.31. The molecule has 1 rings (SSSR count). The van der Waals surface area contributed by atoms with Crippen LogP contribution in [0.1, 0.15) is 6.42 Å². The average molecular weight is 276 g/mol. The van der Waals surface area contributed by atoms with Gasteiger partial charge in [0.05, 0.1) is 20.1 Å². The Labute approximate surface area is 108 Å². The molecule has 7 heteroatoms. The topological polar surface area (TPSA) is 50.4 Å². The summed E-state index contributed by atoms with van der Waals surface area (Å²) in [5, 5.41) is 4.98. The lowest BCUT2D eigenvalue weighted by atomic mass is 10.3. The first kappa shape index (κ1) is 15.3. The maximum atomic E-state index is 11.8. The number of amides is 1. The highest BCUT2D eigenvalue weighted by Crippen LogP contribution is 2.18. The van der Waals surface area contributed by atoms with Gasteiger partial charge in [-0.15, -0.1) is 0 Å². The Bertz CT molecular complexity index is 404. The van der Waals surface area contributed by atoms with Gasteiger partial charge in [0.1, 0.15) is 5.75 Å². The van der Waals surface area contributed by atoms with Gasteiger partial charge in [-0.2, -0.15) is 13.2 Å². The van der Waals surface area contributed by atoms with Crippen molar-refractivity contribution in [1.82, 2.24) is 5.32 Å². The van der Waals surface area contributed by atoms with Gasteiger partial charge >= 0.3 is 6.18 Å². The third kappa shape index (κ3) is 6.66. The number of benzene rings is 1. The largest absolute Gasteiger partial charge is 0.497 e. The molecular weight excluding hydrogens is 261 g/mol. The number of rotatable bonds is 6. The average Bonchev–Trinajstić information content (AvgIpc) is 2.34. The van der Waals surface area contributed by atoms with Gasteiger partial charge in [-0.25, -0.2) is 0 Å². The number of ether oxygens (including phenoxy) is 1. The molecule has 1 aromatic rings. The summed E-state index contributed by atoms with van der Waals surface area (Å²) < 4.78 is 40.5. The minimum atomic E-state index is -4.21. The van der Waals surface area contributed by atoms with E-state index >= 15 is 0 Å². The van der Waals surface area contributed by atoms with Gasteiger partial charge in [0.2, 0.25) is 5.91 Å². The van der Waals surface area contributed by atoms with E-state index in [0.29, 0.717) is 11.4 Å². The van der Waals surface area contributed by atoms with E-state index in [2.05, 4.69) is 10.6 Å². The first-order valence-electron chi connectivity index (χ1n) is 5.62. The van der Waals surface area contributed by atoms with Gasteiger partial charge in [0, 0.05) is 12.2 Å². The molecule has 0 fully saturated rings. The Morgan fingerprint density at radius 2 is 1.89 bits per heavy atom. The van der Waals surface area contributed by atoms with Crippen molar-refractivity contribution in [2.24, 2.45) is 0 Å². The fraction of sp³-hybridized carbons (Fsp3) is 0.417. The van der Waals surface area contributed by atoms with Crippen molar-refractivity contribution in [2.75, 3.05) is 25.5 Å². The molecule has 0 heterocycles. The molecule has 0 atom stereocenters. The normalized spacial score (nSPS) is 11.2. The summed E-state index contributed by atoms with van der Waals surface area (Å²) in [4.78, 5) is 11.4. The van der Waals surface area contributed by atoms with E-state index in [1.54, 1.807) is 24.3 Å². The number of nitrogens with one attached hydrogen (secondary N) is 2. The first-order chi connectivity index (χ1) is 8.90. The second-order valence-corrected chi connectivity index (χ2v) is 3.82. The summed E-state index contributed by atoms with van der Waals surface area (Å²) in [6, 6.07) is 6.64. The second kappa shape index (κ2) is 6.98. The molecule has 0 saturated heterocycles. The molecule has 0 radical (unpaired) electrons. The van der Waals surface area contributed by atoms with Crippen molar-refractivity contribution in [2.45, 2.75) is 12.6 Å². The van der Waals surface area contributed by atoms with Crippen molar-refractivity contribution in [3.63, 3.8) is 0 Å². The van der Waals surface area contributed by atoms with Gasteiger partial charge in [0.15, 0.2) is 0 Å². The lowest BCUT2D eigenvalue weighted by molar-refractivity contribution is -0.134. The van der Waals surface area contributed by atoms with Crippen LogP contribution in [0.25, 0.3) is 0 Å². The lowest BCUT2D eigenvalue weighted by Crippen LogP contribution is -2.30. The fourth-order valence-electron chi connectivity index (χ4n) is 1.31. The number of alkyl halides is 3. The van der Waals surface area contributed by atoms with E-state index < -0.39 is 18.5 Å². The molecule has 2 N–H and O–H groups in total. The predicted octanol–water partition coefficient (Wildman–Crippen LogP) is 2.18. The third-order valence-corrected chi connectivity index (χ3v) is 2.24. The highest BCUT2D eigenvalue weighted by molar-refractivity contribution is 5.92. The SMILES string of the molecule is COc1ccc(NC(=O)CNCCC(F)(F)F)cc1. The molecule has 19 heavy (non-hydrogen) atoms. The minimum absolute atomic E-state index is 0.165. The second-order valence-electron chi connectivity index (χ2n) is 3.82. The first-order valence-corrected chi connectivity index (χ1v) is 5.62. The van der Waals surface area contributed by atoms with Crippen LogP contribution in [0.4, 0.5) is 18.9 Å². The van der Waals surface area contributed by atoms with Crippen LogP contribution < -0.4 is 15.4 Å².